The molecule has 0 radical (unpaired) electrons. The average Bonchev–Trinajstić information content (AvgIpc) is 3.23. The lowest BCUT2D eigenvalue weighted by Crippen LogP contribution is -2.50. The molecule has 30 heavy (non-hydrogen) atoms. The zero-order valence-electron chi connectivity index (χ0n) is 17.3. The van der Waals surface area contributed by atoms with E-state index in [-0.39, 0.29) is 0 Å². The SMILES string of the molecule is OC1(CN2CCCC2)CCN(Cc2cc(Br)ccc2OCc2ccc(Cl)cc2)CC1. The van der Waals surface area contributed by atoms with Crippen LogP contribution in [-0.2, 0) is 13.2 Å². The van der Waals surface area contributed by atoms with Crippen LogP contribution in [0, 0.1) is 0 Å². The Morgan fingerprint density at radius 1 is 0.967 bits per heavy atom. The first kappa shape index (κ1) is 22.1. The fourth-order valence-corrected chi connectivity index (χ4v) is 4.97. The third-order valence-corrected chi connectivity index (χ3v) is 6.97. The van der Waals surface area contributed by atoms with Crippen LogP contribution in [-0.4, -0.2) is 53.2 Å². The smallest absolute Gasteiger partial charge is 0.124 e. The summed E-state index contributed by atoms with van der Waals surface area (Å²) >= 11 is 9.57. The molecule has 0 amide bonds. The van der Waals surface area contributed by atoms with Crippen molar-refractivity contribution in [2.75, 3.05) is 32.7 Å². The third-order valence-electron chi connectivity index (χ3n) is 6.23. The molecule has 2 aliphatic heterocycles. The molecule has 0 bridgehead atoms. The molecule has 0 saturated carbocycles. The summed E-state index contributed by atoms with van der Waals surface area (Å²) in [6.45, 7) is 6.27. The highest BCUT2D eigenvalue weighted by Crippen LogP contribution is 2.29. The van der Waals surface area contributed by atoms with Crippen molar-refractivity contribution in [3.63, 3.8) is 0 Å². The Morgan fingerprint density at radius 2 is 1.67 bits per heavy atom. The highest BCUT2D eigenvalue weighted by molar-refractivity contribution is 9.10. The molecule has 2 aromatic carbocycles. The first-order valence-corrected chi connectivity index (χ1v) is 12.0. The van der Waals surface area contributed by atoms with Gasteiger partial charge in [-0.2, -0.15) is 0 Å². The fraction of sp³-hybridized carbons (Fsp3) is 0.500. The number of hydrogen-bond donors (Lipinski definition) is 1. The van der Waals surface area contributed by atoms with E-state index in [1.165, 1.54) is 18.4 Å². The lowest BCUT2D eigenvalue weighted by Gasteiger charge is -2.40. The summed E-state index contributed by atoms with van der Waals surface area (Å²) < 4.78 is 7.20. The zero-order chi connectivity index (χ0) is 21.0. The average molecular weight is 494 g/mol. The maximum absolute atomic E-state index is 11.0. The summed E-state index contributed by atoms with van der Waals surface area (Å²) in [4.78, 5) is 4.85. The van der Waals surface area contributed by atoms with E-state index in [2.05, 4.69) is 31.8 Å². The van der Waals surface area contributed by atoms with Gasteiger partial charge < -0.3 is 14.7 Å². The summed E-state index contributed by atoms with van der Waals surface area (Å²) in [5, 5.41) is 11.8. The predicted octanol–water partition coefficient (Wildman–Crippen LogP) is 5.10. The number of β-amino-alcohol motifs (C(OH)–C–C–N with tert-alkyl or cyclic N) is 1. The molecule has 162 valence electrons. The maximum Gasteiger partial charge on any atom is 0.124 e. The second-order valence-electron chi connectivity index (χ2n) is 8.65. The van der Waals surface area contributed by atoms with Gasteiger partial charge in [-0.05, 0) is 74.7 Å². The Bertz CT molecular complexity index is 832. The second kappa shape index (κ2) is 10.0. The lowest BCUT2D eigenvalue weighted by molar-refractivity contribution is -0.0431. The topological polar surface area (TPSA) is 35.9 Å². The molecule has 0 aliphatic carbocycles. The maximum atomic E-state index is 11.0. The van der Waals surface area contributed by atoms with E-state index in [0.29, 0.717) is 6.61 Å². The lowest BCUT2D eigenvalue weighted by atomic mass is 9.90. The molecule has 6 heteroatoms. The molecule has 1 N–H and O–H groups in total. The minimum atomic E-state index is -0.536. The summed E-state index contributed by atoms with van der Waals surface area (Å²) in [5.41, 5.74) is 1.73. The van der Waals surface area contributed by atoms with Gasteiger partial charge in [-0.15, -0.1) is 0 Å². The molecular weight excluding hydrogens is 464 g/mol. The number of aliphatic hydroxyl groups is 1. The van der Waals surface area contributed by atoms with Gasteiger partial charge in [0.15, 0.2) is 0 Å². The first-order chi connectivity index (χ1) is 14.5. The van der Waals surface area contributed by atoms with Gasteiger partial charge >= 0.3 is 0 Å². The van der Waals surface area contributed by atoms with Crippen LogP contribution in [0.15, 0.2) is 46.9 Å². The number of likely N-dealkylation sites (tertiary alicyclic amines) is 2. The Morgan fingerprint density at radius 3 is 2.37 bits per heavy atom. The van der Waals surface area contributed by atoms with Gasteiger partial charge in [0.05, 0.1) is 5.60 Å². The van der Waals surface area contributed by atoms with Crippen LogP contribution in [0.1, 0.15) is 36.8 Å². The normalized spacial score (nSPS) is 19.8. The van der Waals surface area contributed by atoms with Gasteiger partial charge in [-0.1, -0.05) is 39.7 Å². The summed E-state index contributed by atoms with van der Waals surface area (Å²) in [7, 11) is 0. The summed E-state index contributed by atoms with van der Waals surface area (Å²) in [5.74, 6) is 0.908. The van der Waals surface area contributed by atoms with Crippen LogP contribution >= 0.6 is 27.5 Å². The molecule has 2 aliphatic rings. The number of ether oxygens (including phenoxy) is 1. The highest BCUT2D eigenvalue weighted by Gasteiger charge is 2.34. The van der Waals surface area contributed by atoms with Crippen molar-refractivity contribution in [3.8, 4) is 5.75 Å². The third kappa shape index (κ3) is 5.98. The Kier molecular flexibility index (Phi) is 7.37. The molecule has 0 spiro atoms. The zero-order valence-corrected chi connectivity index (χ0v) is 19.7. The van der Waals surface area contributed by atoms with E-state index in [9.17, 15) is 5.11 Å². The number of benzene rings is 2. The van der Waals surface area contributed by atoms with Gasteiger partial charge in [-0.25, -0.2) is 0 Å². The molecule has 0 atom stereocenters. The van der Waals surface area contributed by atoms with Crippen LogP contribution in [0.5, 0.6) is 5.75 Å². The van der Waals surface area contributed by atoms with Crippen molar-refractivity contribution < 1.29 is 9.84 Å². The van der Waals surface area contributed by atoms with Crippen molar-refractivity contribution in [3.05, 3.63) is 63.1 Å². The predicted molar refractivity (Wildman–Crippen MR) is 125 cm³/mol. The summed E-state index contributed by atoms with van der Waals surface area (Å²) in [6, 6.07) is 14.0. The van der Waals surface area contributed by atoms with Gasteiger partial charge in [-0.3, -0.25) is 4.90 Å². The molecule has 4 rings (SSSR count). The van der Waals surface area contributed by atoms with Crippen LogP contribution in [0.25, 0.3) is 0 Å². The van der Waals surface area contributed by atoms with Crippen LogP contribution < -0.4 is 4.74 Å². The number of rotatable bonds is 7. The van der Waals surface area contributed by atoms with Gasteiger partial charge in [0.2, 0.25) is 0 Å². The van der Waals surface area contributed by atoms with Crippen molar-refractivity contribution >= 4 is 27.5 Å². The molecule has 4 nitrogen and oxygen atoms in total. The number of hydrogen-bond acceptors (Lipinski definition) is 4. The van der Waals surface area contributed by atoms with E-state index in [1.807, 2.05) is 36.4 Å². The van der Waals surface area contributed by atoms with Crippen LogP contribution in [0.4, 0.5) is 0 Å². The number of nitrogens with zero attached hydrogens (tertiary/aromatic N) is 2. The van der Waals surface area contributed by atoms with E-state index >= 15 is 0 Å². The Balaban J connectivity index is 1.34. The molecule has 0 aromatic heterocycles. The minimum absolute atomic E-state index is 0.515. The number of halogens is 2. The van der Waals surface area contributed by atoms with E-state index in [1.54, 1.807) is 0 Å². The molecule has 2 heterocycles. The monoisotopic (exact) mass is 492 g/mol. The van der Waals surface area contributed by atoms with E-state index in [4.69, 9.17) is 16.3 Å². The molecular formula is C24H30BrClN2O2. The Hall–Kier alpha value is -1.11. The van der Waals surface area contributed by atoms with Crippen molar-refractivity contribution in [1.82, 2.24) is 9.80 Å². The molecule has 2 saturated heterocycles. The van der Waals surface area contributed by atoms with Crippen LogP contribution in [0.3, 0.4) is 0 Å². The Labute approximate surface area is 192 Å². The fourth-order valence-electron chi connectivity index (χ4n) is 4.44. The highest BCUT2D eigenvalue weighted by atomic mass is 79.9. The molecule has 2 fully saturated rings. The van der Waals surface area contributed by atoms with Crippen molar-refractivity contribution in [1.29, 1.82) is 0 Å². The summed E-state index contributed by atoms with van der Waals surface area (Å²) in [6.07, 6.45) is 4.20. The standard InChI is InChI=1S/C24H30BrClN2O2/c25-21-5-8-23(30-17-19-3-6-22(26)7-4-19)20(15-21)16-27-13-9-24(29,10-14-27)18-28-11-1-2-12-28/h3-8,15,29H,1-2,9-14,16-18H2. The molecule has 2 aromatic rings. The quantitative estimate of drug-likeness (QED) is 0.582. The second-order valence-corrected chi connectivity index (χ2v) is 10.0. The van der Waals surface area contributed by atoms with Crippen molar-refractivity contribution in [2.24, 2.45) is 0 Å². The van der Waals surface area contributed by atoms with Crippen LogP contribution in [0.2, 0.25) is 5.02 Å². The van der Waals surface area contributed by atoms with Gasteiger partial charge in [0.25, 0.3) is 0 Å². The largest absolute Gasteiger partial charge is 0.489 e. The first-order valence-electron chi connectivity index (χ1n) is 10.8. The number of piperidine rings is 1. The van der Waals surface area contributed by atoms with Crippen molar-refractivity contribution in [2.45, 2.75) is 44.4 Å². The van der Waals surface area contributed by atoms with Gasteiger partial charge in [0.1, 0.15) is 12.4 Å². The van der Waals surface area contributed by atoms with E-state index in [0.717, 1.165) is 72.9 Å². The molecule has 0 unspecified atom stereocenters. The minimum Gasteiger partial charge on any atom is -0.489 e. The van der Waals surface area contributed by atoms with Gasteiger partial charge in [0, 0.05) is 41.2 Å². The van der Waals surface area contributed by atoms with E-state index < -0.39 is 5.60 Å².